The number of rotatable bonds is 7. The summed E-state index contributed by atoms with van der Waals surface area (Å²) in [6.45, 7) is 1.96. The molecule has 3 nitrogen and oxygen atoms in total. The van der Waals surface area contributed by atoms with Crippen LogP contribution in [0.2, 0.25) is 0 Å². The van der Waals surface area contributed by atoms with Crippen molar-refractivity contribution >= 4 is 49.6 Å². The molecule has 0 heterocycles. The van der Waals surface area contributed by atoms with E-state index in [9.17, 15) is 0 Å². The van der Waals surface area contributed by atoms with E-state index < -0.39 is 0 Å². The minimum atomic E-state index is 0. The fourth-order valence-corrected chi connectivity index (χ4v) is 1.21. The van der Waals surface area contributed by atoms with E-state index in [0.29, 0.717) is 11.5 Å². The number of hydrogen-bond donors (Lipinski definition) is 2. The van der Waals surface area contributed by atoms with Gasteiger partial charge < -0.3 is 61.7 Å². The van der Waals surface area contributed by atoms with Gasteiger partial charge in [0.05, 0.1) is 0 Å². The predicted octanol–water partition coefficient (Wildman–Crippen LogP) is 4.16. The quantitative estimate of drug-likeness (QED) is 0.175. The van der Waals surface area contributed by atoms with Crippen LogP contribution in [-0.4, -0.2) is 36.3 Å². The Kier molecular flexibility index (Phi) is 161. The van der Waals surface area contributed by atoms with Gasteiger partial charge in [-0.3, -0.25) is 7.05 Å². The summed E-state index contributed by atoms with van der Waals surface area (Å²) in [5.74, 6) is 3.06. The monoisotopic (exact) mass is 813 g/mol. The fraction of sp³-hybridized carbons (Fsp3) is 0.412. The third-order valence-corrected chi connectivity index (χ3v) is 2.53. The summed E-state index contributed by atoms with van der Waals surface area (Å²) in [6, 6.07) is 0. The molecule has 0 atom stereocenters. The van der Waals surface area contributed by atoms with E-state index >= 15 is 0 Å². The van der Waals surface area contributed by atoms with Crippen molar-refractivity contribution in [2.45, 2.75) is 6.92 Å². The summed E-state index contributed by atoms with van der Waals surface area (Å²) in [4.78, 5) is 0. The molecule has 11 heteroatoms. The number of allylic oxidation sites excluding steroid dienone is 1. The first-order valence-corrected chi connectivity index (χ1v) is 9.95. The first kappa shape index (κ1) is 57.4. The minimum absolute atomic E-state index is 0. The van der Waals surface area contributed by atoms with Gasteiger partial charge in [0.2, 0.25) is 0 Å². The second kappa shape index (κ2) is 78.3. The molecule has 0 saturated heterocycles. The molecule has 0 aromatic carbocycles. The maximum atomic E-state index is 6.36. The normalized spacial score (nSPS) is 8.11. The Morgan fingerprint density at radius 2 is 1.39 bits per heavy atom. The zero-order chi connectivity index (χ0) is 18.6. The Balaban J connectivity index is -0.0000000234. The van der Waals surface area contributed by atoms with Gasteiger partial charge >= 0.3 is 31.1 Å². The van der Waals surface area contributed by atoms with Crippen molar-refractivity contribution < 1.29 is 82.3 Å². The summed E-state index contributed by atoms with van der Waals surface area (Å²) < 4.78 is 0. The van der Waals surface area contributed by atoms with Gasteiger partial charge in [0.25, 0.3) is 0 Å². The topological polar surface area (TPSA) is 47.9 Å². The summed E-state index contributed by atoms with van der Waals surface area (Å²) in [5, 5.41) is 5.48. The fourth-order valence-electron chi connectivity index (χ4n) is 0.538. The number of thioether (sulfide) groups is 1. The molecule has 0 radical (unpaired) electrons. The third kappa shape index (κ3) is 119. The van der Waals surface area contributed by atoms with Gasteiger partial charge in [-0.1, -0.05) is 18.2 Å². The molecule has 3 N–H and O–H groups in total. The largest absolute Gasteiger partial charge is 2.00 e. The number of nitrogens with one attached hydrogen (secondary N) is 3. The van der Waals surface area contributed by atoms with E-state index in [-0.39, 0.29) is 89.7 Å². The molecule has 0 unspecified atom stereocenters. The van der Waals surface area contributed by atoms with Crippen LogP contribution >= 0.6 is 11.8 Å². The van der Waals surface area contributed by atoms with E-state index in [1.165, 1.54) is 6.20 Å². The van der Waals surface area contributed by atoms with Crippen molar-refractivity contribution in [2.75, 3.05) is 36.3 Å². The van der Waals surface area contributed by atoms with Crippen LogP contribution in [0.4, 0.5) is 0 Å². The Hall–Kier alpha value is 2.37. The van der Waals surface area contributed by atoms with Gasteiger partial charge in [0, 0.05) is 64.0 Å². The van der Waals surface area contributed by atoms with E-state index in [2.05, 4.69) is 67.9 Å². The van der Waals surface area contributed by atoms with Gasteiger partial charge in [-0.25, -0.2) is 0 Å². The Labute approximate surface area is 252 Å². The second-order valence-electron chi connectivity index (χ2n) is 3.22. The minimum Gasteiger partial charge on any atom is -0.789 e. The van der Waals surface area contributed by atoms with E-state index in [4.69, 9.17) is 5.73 Å². The van der Waals surface area contributed by atoms with Gasteiger partial charge in [0.1, 0.15) is 0 Å². The Bertz CT molecular complexity index is 270. The molecule has 0 amide bonds. The Morgan fingerprint density at radius 1 is 0.929 bits per heavy atom. The summed E-state index contributed by atoms with van der Waals surface area (Å²) >= 11 is 15.4. The predicted molar refractivity (Wildman–Crippen MR) is 126 cm³/mol. The molecule has 0 saturated carbocycles. The first-order chi connectivity index (χ1) is 11.2. The van der Waals surface area contributed by atoms with Crippen LogP contribution in [0.5, 0.6) is 0 Å². The smallest absolute Gasteiger partial charge is 0.789 e. The molecule has 0 aliphatic heterocycles. The molecule has 0 aliphatic carbocycles. The average Bonchev–Trinajstić information content (AvgIpc) is 2.57. The van der Waals surface area contributed by atoms with Crippen molar-refractivity contribution in [1.29, 1.82) is 0 Å². The second-order valence-corrected chi connectivity index (χ2v) is 5.13. The van der Waals surface area contributed by atoms with Crippen LogP contribution in [0.3, 0.4) is 0 Å². The third-order valence-electron chi connectivity index (χ3n) is 1.43. The molecular weight excluding hydrogens is 780 g/mol. The molecule has 0 aliphatic rings. The summed E-state index contributed by atoms with van der Waals surface area (Å²) in [5.41, 5.74) is 6.36. The van der Waals surface area contributed by atoms with Crippen molar-refractivity contribution in [3.63, 3.8) is 0 Å². The molecule has 0 aromatic heterocycles. The molecule has 0 spiro atoms. The van der Waals surface area contributed by atoms with Crippen LogP contribution in [0, 0.1) is 45.6 Å². The average molecular weight is 813 g/mol. The van der Waals surface area contributed by atoms with E-state index in [1.807, 2.05) is 50.2 Å². The van der Waals surface area contributed by atoms with Crippen LogP contribution < -0.4 is 10.6 Å². The first-order valence-electron chi connectivity index (χ1n) is 6.83. The number of hydrogen-bond acceptors (Lipinski definition) is 6. The summed E-state index contributed by atoms with van der Waals surface area (Å²) in [6.07, 6.45) is 16.3. The molecular formula is C17H33Fe3N3S4U-4. The molecule has 172 valence electrons. The maximum absolute atomic E-state index is 6.36. The van der Waals surface area contributed by atoms with Crippen LogP contribution in [0.25, 0.3) is 5.73 Å². The van der Waals surface area contributed by atoms with Crippen molar-refractivity contribution in [1.82, 2.24) is 10.6 Å². The van der Waals surface area contributed by atoms with Crippen molar-refractivity contribution in [2.24, 2.45) is 0 Å². The van der Waals surface area contributed by atoms with Gasteiger partial charge in [-0.15, -0.1) is 12.2 Å². The molecule has 0 bridgehead atoms. The SMILES string of the molecule is CC=CC[S-].CNC=CCSC.[CH2-]NC=CC[S-].[CH3-].[Fe].[Fe].[Fe].[NH-]C=CC[S-].[U+2]. The van der Waals surface area contributed by atoms with E-state index in [0.717, 1.165) is 11.5 Å². The molecule has 0 rings (SSSR count). The van der Waals surface area contributed by atoms with Crippen LogP contribution in [-0.2, 0) is 89.1 Å². The summed E-state index contributed by atoms with van der Waals surface area (Å²) in [7, 11) is 5.24. The molecule has 0 fully saturated rings. The van der Waals surface area contributed by atoms with Gasteiger partial charge in [-0.2, -0.15) is 35.2 Å². The van der Waals surface area contributed by atoms with E-state index in [1.54, 1.807) is 12.3 Å². The van der Waals surface area contributed by atoms with Crippen LogP contribution in [0.1, 0.15) is 6.92 Å². The van der Waals surface area contributed by atoms with Crippen molar-refractivity contribution in [3.05, 3.63) is 69.2 Å². The van der Waals surface area contributed by atoms with Crippen LogP contribution in [0.15, 0.2) is 49.0 Å². The zero-order valence-corrected chi connectivity index (χ0v) is 27.6. The van der Waals surface area contributed by atoms with Gasteiger partial charge in [0.15, 0.2) is 0 Å². The molecule has 28 heavy (non-hydrogen) atoms. The molecule has 0 aromatic rings. The Morgan fingerprint density at radius 3 is 1.54 bits per heavy atom. The standard InChI is InChI=1S/C5H11NS.C4H8NS.C4H8S.C3H6NS.CH3.3Fe.U/c1-6-4-3-5-7-2;1-5-3-2-4-6;1-2-3-4-5;4-2-1-3-5;;;;;/h3-4,6H,5H2,1-2H3;2-3,5-6H,1,4H2;2-3,5H,4H2,1H3;1-2,4-5H,3H2;1H3;;;;/q;-1;;2*-1;;;;+2/p-3. The van der Waals surface area contributed by atoms with Crippen molar-refractivity contribution in [3.8, 4) is 0 Å². The zero-order valence-electron chi connectivity index (χ0n) is 16.8. The maximum Gasteiger partial charge on any atom is 2.00 e. The van der Waals surface area contributed by atoms with Gasteiger partial charge in [-0.05, 0) is 25.6 Å².